The zero-order chi connectivity index (χ0) is 23.8. The van der Waals surface area contributed by atoms with Crippen LogP contribution in [0.1, 0.15) is 66.2 Å². The average Bonchev–Trinajstić information content (AvgIpc) is 2.75. The van der Waals surface area contributed by atoms with Gasteiger partial charge in [0, 0.05) is 18.9 Å². The minimum Gasteiger partial charge on any atom is -0.465 e. The second-order valence-electron chi connectivity index (χ2n) is 7.60. The van der Waals surface area contributed by atoms with Crippen molar-refractivity contribution in [2.45, 2.75) is 78.3 Å². The number of rotatable bonds is 15. The molecule has 0 rings (SSSR count). The summed E-state index contributed by atoms with van der Waals surface area (Å²) in [6.07, 6.45) is 5.31. The van der Waals surface area contributed by atoms with Crippen molar-refractivity contribution in [2.75, 3.05) is 13.2 Å². The Morgan fingerprint density at radius 2 is 1.35 bits per heavy atom. The van der Waals surface area contributed by atoms with Crippen LogP contribution in [0.5, 0.6) is 0 Å². The van der Waals surface area contributed by atoms with Crippen molar-refractivity contribution in [1.29, 1.82) is 0 Å². The van der Waals surface area contributed by atoms with Crippen LogP contribution in [0.25, 0.3) is 0 Å². The zero-order valence-electron chi connectivity index (χ0n) is 19.1. The van der Waals surface area contributed by atoms with Crippen LogP contribution in [-0.2, 0) is 33.4 Å². The van der Waals surface area contributed by atoms with Crippen LogP contribution in [0.15, 0.2) is 12.2 Å². The van der Waals surface area contributed by atoms with Gasteiger partial charge in [0.2, 0.25) is 0 Å². The molecule has 0 aliphatic carbocycles. The van der Waals surface area contributed by atoms with Gasteiger partial charge in [-0.2, -0.15) is 0 Å². The molecule has 4 atom stereocenters. The zero-order valence-corrected chi connectivity index (χ0v) is 19.1. The number of hydrogen-bond donors (Lipinski definition) is 2. The van der Waals surface area contributed by atoms with Gasteiger partial charge in [-0.1, -0.05) is 46.6 Å². The normalized spacial score (nSPS) is 15.0. The number of esters is 4. The molecule has 9 nitrogen and oxygen atoms in total. The Balaban J connectivity index is 3.91. The minimum atomic E-state index is -0.793. The summed E-state index contributed by atoms with van der Waals surface area (Å²) in [4.78, 5) is 46.7. The second kappa shape index (κ2) is 16.4. The van der Waals surface area contributed by atoms with Gasteiger partial charge in [0.15, 0.2) is 0 Å². The summed E-state index contributed by atoms with van der Waals surface area (Å²) in [5, 5.41) is 0. The quantitative estimate of drug-likeness (QED) is 0.128. The van der Waals surface area contributed by atoms with Crippen molar-refractivity contribution in [3.63, 3.8) is 0 Å². The van der Waals surface area contributed by atoms with E-state index < -0.39 is 36.0 Å². The van der Waals surface area contributed by atoms with Crippen molar-refractivity contribution in [3.8, 4) is 0 Å². The highest BCUT2D eigenvalue weighted by Crippen LogP contribution is 2.08. The summed E-state index contributed by atoms with van der Waals surface area (Å²) in [7, 11) is 0. The fraction of sp³-hybridized carbons (Fsp3) is 0.727. The molecule has 0 aliphatic heterocycles. The van der Waals surface area contributed by atoms with Crippen molar-refractivity contribution >= 4 is 23.9 Å². The summed E-state index contributed by atoms with van der Waals surface area (Å²) >= 11 is 0. The van der Waals surface area contributed by atoms with Crippen LogP contribution in [0.2, 0.25) is 0 Å². The first-order chi connectivity index (χ1) is 14.6. The Kier molecular flexibility index (Phi) is 15.2. The Morgan fingerprint density at radius 1 is 0.839 bits per heavy atom. The van der Waals surface area contributed by atoms with Gasteiger partial charge in [-0.15, -0.1) is 0 Å². The van der Waals surface area contributed by atoms with E-state index >= 15 is 0 Å². The highest BCUT2D eigenvalue weighted by molar-refractivity contribution is 5.91. The molecule has 0 fully saturated rings. The summed E-state index contributed by atoms with van der Waals surface area (Å²) in [5.74, 6) is -2.33. The molecule has 0 amide bonds. The van der Waals surface area contributed by atoms with Crippen molar-refractivity contribution in [1.82, 2.24) is 0 Å². The van der Waals surface area contributed by atoms with Gasteiger partial charge in [0.05, 0.1) is 13.2 Å². The van der Waals surface area contributed by atoms with E-state index in [4.69, 9.17) is 20.9 Å². The van der Waals surface area contributed by atoms with E-state index in [9.17, 15) is 19.2 Å². The molecule has 0 heterocycles. The lowest BCUT2D eigenvalue weighted by atomic mass is 10.0. The Bertz CT molecular complexity index is 607. The summed E-state index contributed by atoms with van der Waals surface area (Å²) < 4.78 is 14.8. The lowest BCUT2D eigenvalue weighted by Crippen LogP contribution is -2.38. The topological polar surface area (TPSA) is 148 Å². The molecule has 0 aromatic rings. The van der Waals surface area contributed by atoms with E-state index in [0.717, 1.165) is 18.9 Å². The third kappa shape index (κ3) is 12.9. The molecular weight excluding hydrogens is 404 g/mol. The van der Waals surface area contributed by atoms with Gasteiger partial charge in [-0.25, -0.2) is 4.79 Å². The van der Waals surface area contributed by atoms with Crippen molar-refractivity contribution in [3.05, 3.63) is 12.2 Å². The lowest BCUT2D eigenvalue weighted by molar-refractivity contribution is -0.156. The molecule has 4 N–H and O–H groups in total. The molecular formula is C22H38N2O7. The first kappa shape index (κ1) is 28.7. The Morgan fingerprint density at radius 3 is 1.87 bits per heavy atom. The standard InChI is InChI=1S/C22H38N2O7/c1-5-15(3)19(23)21(27)29-13-9-7-11-17(25)31-18(26)12-8-10-14-30-22(28)20(24)16(4)6-2/h7,11,15-16,19-20H,5-6,8-10,12-14,23-24H2,1-4H3/b11-7-/t15-,16-,19-,20-/m0/s1. The second-order valence-corrected chi connectivity index (χ2v) is 7.60. The highest BCUT2D eigenvalue weighted by Gasteiger charge is 2.21. The number of hydrogen-bond acceptors (Lipinski definition) is 9. The van der Waals surface area contributed by atoms with Crippen molar-refractivity contribution in [2.24, 2.45) is 23.3 Å². The summed E-state index contributed by atoms with van der Waals surface area (Å²) in [6.45, 7) is 7.87. The van der Waals surface area contributed by atoms with Gasteiger partial charge >= 0.3 is 23.9 Å². The van der Waals surface area contributed by atoms with E-state index in [-0.39, 0.29) is 31.5 Å². The maximum atomic E-state index is 11.7. The predicted molar refractivity (Wildman–Crippen MR) is 115 cm³/mol. The van der Waals surface area contributed by atoms with Crippen LogP contribution in [0, 0.1) is 11.8 Å². The number of unbranched alkanes of at least 4 members (excludes halogenated alkanes) is 1. The molecule has 0 aromatic heterocycles. The SMILES string of the molecule is CC[C@H](C)[C@H](N)C(=O)OCC/C=C\C(=O)OC(=O)CCCCOC(=O)[C@@H](N)[C@@H](C)CC. The molecule has 0 saturated heterocycles. The van der Waals surface area contributed by atoms with Crippen molar-refractivity contribution < 1.29 is 33.4 Å². The number of ether oxygens (including phenoxy) is 3. The van der Waals surface area contributed by atoms with E-state index in [1.165, 1.54) is 6.08 Å². The fourth-order valence-electron chi connectivity index (χ4n) is 2.31. The minimum absolute atomic E-state index is 0.0263. The van der Waals surface area contributed by atoms with Gasteiger partial charge in [0.1, 0.15) is 12.1 Å². The number of carbonyl (C=O) groups is 4. The highest BCUT2D eigenvalue weighted by atomic mass is 16.6. The van der Waals surface area contributed by atoms with Gasteiger partial charge in [-0.3, -0.25) is 14.4 Å². The van der Waals surface area contributed by atoms with Gasteiger partial charge in [0.25, 0.3) is 0 Å². The molecule has 0 bridgehead atoms. The molecule has 178 valence electrons. The van der Waals surface area contributed by atoms with Gasteiger partial charge in [-0.05, 0) is 24.7 Å². The largest absolute Gasteiger partial charge is 0.465 e. The Labute approximate surface area is 184 Å². The predicted octanol–water partition coefficient (Wildman–Crippen LogP) is 2.01. The molecule has 0 spiro atoms. The van der Waals surface area contributed by atoms with Crippen LogP contribution < -0.4 is 11.5 Å². The fourth-order valence-corrected chi connectivity index (χ4v) is 2.31. The molecule has 0 aromatic carbocycles. The maximum absolute atomic E-state index is 11.7. The smallest absolute Gasteiger partial charge is 0.338 e. The number of carbonyl (C=O) groups excluding carboxylic acids is 4. The Hall–Kier alpha value is -2.26. The lowest BCUT2D eigenvalue weighted by Gasteiger charge is -2.16. The maximum Gasteiger partial charge on any atom is 0.338 e. The van der Waals surface area contributed by atoms with Crippen LogP contribution in [0.3, 0.4) is 0 Å². The third-order valence-corrected chi connectivity index (χ3v) is 5.08. The monoisotopic (exact) mass is 442 g/mol. The van der Waals surface area contributed by atoms with Crippen LogP contribution in [0.4, 0.5) is 0 Å². The average molecular weight is 443 g/mol. The van der Waals surface area contributed by atoms with Crippen LogP contribution >= 0.6 is 0 Å². The molecule has 31 heavy (non-hydrogen) atoms. The molecule has 0 aliphatic rings. The molecule has 9 heteroatoms. The third-order valence-electron chi connectivity index (χ3n) is 5.08. The van der Waals surface area contributed by atoms with E-state index in [2.05, 4.69) is 4.74 Å². The molecule has 0 radical (unpaired) electrons. The first-order valence-corrected chi connectivity index (χ1v) is 10.9. The van der Waals surface area contributed by atoms with E-state index in [0.29, 0.717) is 19.3 Å². The summed E-state index contributed by atoms with van der Waals surface area (Å²) in [5.41, 5.74) is 11.5. The summed E-state index contributed by atoms with van der Waals surface area (Å²) in [6, 6.07) is -1.32. The number of nitrogens with two attached hydrogens (primary N) is 2. The van der Waals surface area contributed by atoms with Crippen LogP contribution in [-0.4, -0.2) is 49.2 Å². The molecule has 0 unspecified atom stereocenters. The molecule has 0 saturated carbocycles. The van der Waals surface area contributed by atoms with E-state index in [1.807, 2.05) is 27.7 Å². The first-order valence-electron chi connectivity index (χ1n) is 10.9. The van der Waals surface area contributed by atoms with Gasteiger partial charge < -0.3 is 25.7 Å². The van der Waals surface area contributed by atoms with E-state index in [1.54, 1.807) is 0 Å².